The Kier molecular flexibility index (Phi) is 5.01. The van der Waals surface area contributed by atoms with Crippen molar-refractivity contribution in [2.24, 2.45) is 5.92 Å². The fourth-order valence-electron chi connectivity index (χ4n) is 3.15. The summed E-state index contributed by atoms with van der Waals surface area (Å²) >= 11 is 0. The first kappa shape index (κ1) is 17.5. The molecule has 0 radical (unpaired) electrons. The quantitative estimate of drug-likeness (QED) is 0.637. The third-order valence-electron chi connectivity index (χ3n) is 4.79. The number of carbonyl (C=O) groups excluding carboxylic acids is 1. The first-order valence-electron chi connectivity index (χ1n) is 9.41. The molecule has 0 atom stereocenters. The maximum atomic E-state index is 12.7. The number of aromatic nitrogens is 2. The van der Waals surface area contributed by atoms with Gasteiger partial charge in [0.05, 0.1) is 0 Å². The van der Waals surface area contributed by atoms with Crippen LogP contribution in [-0.2, 0) is 17.8 Å². The van der Waals surface area contributed by atoms with E-state index in [2.05, 4.69) is 22.3 Å². The van der Waals surface area contributed by atoms with Gasteiger partial charge in [-0.1, -0.05) is 59.3 Å². The van der Waals surface area contributed by atoms with Gasteiger partial charge in [0.15, 0.2) is 0 Å². The summed E-state index contributed by atoms with van der Waals surface area (Å²) in [7, 11) is 0. The van der Waals surface area contributed by atoms with Gasteiger partial charge in [-0.25, -0.2) is 0 Å². The zero-order chi connectivity index (χ0) is 18.6. The standard InChI is InChI=1S/C22H23N3O2/c1-16-6-5-9-19(14-16)21-23-20(27-24-21)12-13-25(22(26)18-10-11-18)15-17-7-3-2-4-8-17/h2-9,14,18H,10-13,15H2,1H3. The van der Waals surface area contributed by atoms with Gasteiger partial charge in [0.2, 0.25) is 17.6 Å². The molecule has 0 bridgehead atoms. The summed E-state index contributed by atoms with van der Waals surface area (Å²) < 4.78 is 5.42. The predicted octanol–water partition coefficient (Wildman–Crippen LogP) is 4.03. The van der Waals surface area contributed by atoms with Crippen LogP contribution >= 0.6 is 0 Å². The SMILES string of the molecule is Cc1cccc(-c2noc(CCN(Cc3ccccc3)C(=O)C3CC3)n2)c1. The van der Waals surface area contributed by atoms with Crippen LogP contribution in [-0.4, -0.2) is 27.5 Å². The number of hydrogen-bond donors (Lipinski definition) is 0. The van der Waals surface area contributed by atoms with Crippen molar-refractivity contribution in [3.63, 3.8) is 0 Å². The van der Waals surface area contributed by atoms with Gasteiger partial charge in [-0.15, -0.1) is 0 Å². The average Bonchev–Trinajstić information content (AvgIpc) is 3.43. The minimum absolute atomic E-state index is 0.194. The van der Waals surface area contributed by atoms with Crippen molar-refractivity contribution in [2.75, 3.05) is 6.54 Å². The van der Waals surface area contributed by atoms with E-state index >= 15 is 0 Å². The molecular formula is C22H23N3O2. The van der Waals surface area contributed by atoms with Crippen LogP contribution in [0.4, 0.5) is 0 Å². The van der Waals surface area contributed by atoms with Crippen molar-refractivity contribution in [3.8, 4) is 11.4 Å². The van der Waals surface area contributed by atoms with Crippen LogP contribution in [0, 0.1) is 12.8 Å². The van der Waals surface area contributed by atoms with Gasteiger partial charge in [0.1, 0.15) is 0 Å². The second-order valence-electron chi connectivity index (χ2n) is 7.15. The van der Waals surface area contributed by atoms with E-state index in [1.54, 1.807) is 0 Å². The zero-order valence-corrected chi connectivity index (χ0v) is 15.5. The molecule has 1 amide bonds. The van der Waals surface area contributed by atoms with Gasteiger partial charge in [-0.3, -0.25) is 4.79 Å². The third-order valence-corrected chi connectivity index (χ3v) is 4.79. The molecule has 138 valence electrons. The van der Waals surface area contributed by atoms with Crippen LogP contribution < -0.4 is 0 Å². The Morgan fingerprint density at radius 2 is 1.96 bits per heavy atom. The fourth-order valence-corrected chi connectivity index (χ4v) is 3.15. The minimum Gasteiger partial charge on any atom is -0.339 e. The highest BCUT2D eigenvalue weighted by molar-refractivity contribution is 5.81. The lowest BCUT2D eigenvalue weighted by Gasteiger charge is -2.22. The van der Waals surface area contributed by atoms with Crippen molar-refractivity contribution in [1.29, 1.82) is 0 Å². The van der Waals surface area contributed by atoms with Gasteiger partial charge < -0.3 is 9.42 Å². The maximum Gasteiger partial charge on any atom is 0.228 e. The molecule has 1 aromatic heterocycles. The van der Waals surface area contributed by atoms with Gasteiger partial charge in [0, 0.05) is 31.0 Å². The summed E-state index contributed by atoms with van der Waals surface area (Å²) in [4.78, 5) is 19.1. The van der Waals surface area contributed by atoms with Gasteiger partial charge >= 0.3 is 0 Å². The fraction of sp³-hybridized carbons (Fsp3) is 0.318. The number of hydrogen-bond acceptors (Lipinski definition) is 4. The smallest absolute Gasteiger partial charge is 0.228 e. The molecule has 2 aromatic carbocycles. The molecule has 1 aliphatic rings. The first-order chi connectivity index (χ1) is 13.2. The summed E-state index contributed by atoms with van der Waals surface area (Å²) in [5, 5.41) is 4.09. The van der Waals surface area contributed by atoms with Crippen LogP contribution in [0.15, 0.2) is 59.1 Å². The molecule has 27 heavy (non-hydrogen) atoms. The molecule has 1 fully saturated rings. The third kappa shape index (κ3) is 4.42. The van der Waals surface area contributed by atoms with Crippen LogP contribution in [0.3, 0.4) is 0 Å². The Hall–Kier alpha value is -2.95. The number of rotatable bonds is 7. The summed E-state index contributed by atoms with van der Waals surface area (Å²) in [6, 6.07) is 18.1. The number of aryl methyl sites for hydroxylation is 1. The number of nitrogens with zero attached hydrogens (tertiary/aromatic N) is 3. The van der Waals surface area contributed by atoms with E-state index in [0.717, 1.165) is 29.5 Å². The number of amides is 1. The lowest BCUT2D eigenvalue weighted by molar-refractivity contribution is -0.133. The Bertz CT molecular complexity index is 916. The van der Waals surface area contributed by atoms with Crippen LogP contribution in [0.25, 0.3) is 11.4 Å². The highest BCUT2D eigenvalue weighted by Gasteiger charge is 2.33. The largest absolute Gasteiger partial charge is 0.339 e. The van der Waals surface area contributed by atoms with Crippen LogP contribution in [0.1, 0.15) is 29.9 Å². The molecular weight excluding hydrogens is 338 g/mol. The summed E-state index contributed by atoms with van der Waals surface area (Å²) in [6.45, 7) is 3.24. The molecule has 0 unspecified atom stereocenters. The maximum absolute atomic E-state index is 12.7. The summed E-state index contributed by atoms with van der Waals surface area (Å²) in [5.74, 6) is 1.58. The molecule has 0 aliphatic heterocycles. The molecule has 0 N–H and O–H groups in total. The van der Waals surface area contributed by atoms with E-state index in [1.807, 2.05) is 54.3 Å². The molecule has 1 aliphatic carbocycles. The Labute approximate surface area is 159 Å². The number of carbonyl (C=O) groups is 1. The number of benzene rings is 2. The second-order valence-corrected chi connectivity index (χ2v) is 7.15. The van der Waals surface area contributed by atoms with E-state index in [9.17, 15) is 4.79 Å². The lowest BCUT2D eigenvalue weighted by Crippen LogP contribution is -2.33. The first-order valence-corrected chi connectivity index (χ1v) is 9.41. The minimum atomic E-state index is 0.194. The summed E-state index contributed by atoms with van der Waals surface area (Å²) in [6.07, 6.45) is 2.56. The highest BCUT2D eigenvalue weighted by Crippen LogP contribution is 2.31. The molecule has 4 rings (SSSR count). The topological polar surface area (TPSA) is 59.2 Å². The van der Waals surface area contributed by atoms with E-state index in [4.69, 9.17) is 4.52 Å². The van der Waals surface area contributed by atoms with Crippen molar-refractivity contribution >= 4 is 5.91 Å². The van der Waals surface area contributed by atoms with Crippen molar-refractivity contribution in [2.45, 2.75) is 32.7 Å². The van der Waals surface area contributed by atoms with E-state index in [0.29, 0.717) is 31.2 Å². The molecule has 0 spiro atoms. The van der Waals surface area contributed by atoms with E-state index in [-0.39, 0.29) is 11.8 Å². The van der Waals surface area contributed by atoms with Gasteiger partial charge in [-0.2, -0.15) is 4.98 Å². The van der Waals surface area contributed by atoms with Crippen molar-refractivity contribution in [3.05, 3.63) is 71.6 Å². The van der Waals surface area contributed by atoms with Gasteiger partial charge in [0.25, 0.3) is 0 Å². The Morgan fingerprint density at radius 1 is 1.15 bits per heavy atom. The molecule has 0 saturated heterocycles. The van der Waals surface area contributed by atoms with Crippen LogP contribution in [0.5, 0.6) is 0 Å². The molecule has 1 saturated carbocycles. The second kappa shape index (κ2) is 7.74. The van der Waals surface area contributed by atoms with Crippen LogP contribution in [0.2, 0.25) is 0 Å². The monoisotopic (exact) mass is 361 g/mol. The lowest BCUT2D eigenvalue weighted by atomic mass is 10.1. The highest BCUT2D eigenvalue weighted by atomic mass is 16.5. The average molecular weight is 361 g/mol. The zero-order valence-electron chi connectivity index (χ0n) is 15.5. The Balaban J connectivity index is 1.43. The molecule has 5 heteroatoms. The Morgan fingerprint density at radius 3 is 2.70 bits per heavy atom. The van der Waals surface area contributed by atoms with E-state index in [1.165, 1.54) is 0 Å². The predicted molar refractivity (Wildman–Crippen MR) is 103 cm³/mol. The molecule has 3 aromatic rings. The van der Waals surface area contributed by atoms with Gasteiger partial charge in [-0.05, 0) is 31.4 Å². The van der Waals surface area contributed by atoms with Crippen molar-refractivity contribution in [1.82, 2.24) is 15.0 Å². The van der Waals surface area contributed by atoms with Crippen molar-refractivity contribution < 1.29 is 9.32 Å². The molecule has 1 heterocycles. The molecule has 5 nitrogen and oxygen atoms in total. The normalized spacial score (nSPS) is 13.5. The van der Waals surface area contributed by atoms with E-state index < -0.39 is 0 Å². The summed E-state index contributed by atoms with van der Waals surface area (Å²) in [5.41, 5.74) is 3.24.